The third-order valence-electron chi connectivity index (χ3n) is 3.63. The fourth-order valence-corrected chi connectivity index (χ4v) is 4.20. The van der Waals surface area contributed by atoms with Crippen LogP contribution in [0.5, 0.6) is 0 Å². The smallest absolute Gasteiger partial charge is 0.239 e. The van der Waals surface area contributed by atoms with E-state index in [-0.39, 0.29) is 5.75 Å². The zero-order valence-electron chi connectivity index (χ0n) is 11.3. The van der Waals surface area contributed by atoms with Crippen LogP contribution in [0, 0.1) is 5.82 Å². The van der Waals surface area contributed by atoms with E-state index in [0.717, 1.165) is 5.56 Å². The van der Waals surface area contributed by atoms with Gasteiger partial charge in [-0.05, 0) is 35.7 Å². The molecule has 1 heterocycles. The van der Waals surface area contributed by atoms with E-state index in [1.54, 1.807) is 30.3 Å². The van der Waals surface area contributed by atoms with Crippen LogP contribution >= 0.6 is 0 Å². The number of hydrogen-bond donors (Lipinski definition) is 1. The Morgan fingerprint density at radius 2 is 1.95 bits per heavy atom. The molecule has 0 spiro atoms. The standard InChI is InChI=1S/C15H15FN2O2S/c16-13-6-5-11-7-8-18(15(11)9-13)21(19,20)10-12-3-1-2-4-14(12)17/h1-6,9H,7-8,10,17H2. The Bertz CT molecular complexity index is 790. The molecule has 2 aromatic rings. The summed E-state index contributed by atoms with van der Waals surface area (Å²) in [6.45, 7) is 0.341. The molecule has 0 aliphatic carbocycles. The van der Waals surface area contributed by atoms with E-state index < -0.39 is 15.8 Å². The minimum absolute atomic E-state index is 0.185. The van der Waals surface area contributed by atoms with Gasteiger partial charge in [0, 0.05) is 12.2 Å². The number of rotatable bonds is 3. The molecular weight excluding hydrogens is 291 g/mol. The largest absolute Gasteiger partial charge is 0.398 e. The highest BCUT2D eigenvalue weighted by Crippen LogP contribution is 2.32. The first-order valence-electron chi connectivity index (χ1n) is 6.59. The second-order valence-electron chi connectivity index (χ2n) is 5.05. The normalized spacial score (nSPS) is 14.2. The van der Waals surface area contributed by atoms with Crippen molar-refractivity contribution in [3.63, 3.8) is 0 Å². The number of nitrogens with zero attached hydrogens (tertiary/aromatic N) is 1. The minimum atomic E-state index is -3.58. The van der Waals surface area contributed by atoms with Gasteiger partial charge in [0.25, 0.3) is 0 Å². The van der Waals surface area contributed by atoms with E-state index in [1.807, 2.05) is 0 Å². The monoisotopic (exact) mass is 306 g/mol. The summed E-state index contributed by atoms with van der Waals surface area (Å²) in [6, 6.07) is 11.1. The Morgan fingerprint density at radius 3 is 2.71 bits per heavy atom. The number of fused-ring (bicyclic) bond motifs is 1. The summed E-state index contributed by atoms with van der Waals surface area (Å²) >= 11 is 0. The van der Waals surface area contributed by atoms with Crippen LogP contribution in [0.1, 0.15) is 11.1 Å². The van der Waals surface area contributed by atoms with Crippen molar-refractivity contribution in [3.8, 4) is 0 Å². The van der Waals surface area contributed by atoms with Crippen molar-refractivity contribution in [1.82, 2.24) is 0 Å². The lowest BCUT2D eigenvalue weighted by atomic mass is 10.2. The molecule has 1 aliphatic rings. The first-order chi connectivity index (χ1) is 9.97. The Balaban J connectivity index is 1.95. The van der Waals surface area contributed by atoms with Gasteiger partial charge in [-0.25, -0.2) is 12.8 Å². The molecule has 110 valence electrons. The number of nitrogen functional groups attached to an aromatic ring is 1. The van der Waals surface area contributed by atoms with Crippen molar-refractivity contribution in [1.29, 1.82) is 0 Å². The number of halogens is 1. The maximum Gasteiger partial charge on any atom is 0.239 e. The molecule has 3 rings (SSSR count). The minimum Gasteiger partial charge on any atom is -0.398 e. The molecule has 6 heteroatoms. The molecule has 1 aliphatic heterocycles. The highest BCUT2D eigenvalue weighted by atomic mass is 32.2. The van der Waals surface area contributed by atoms with Crippen LogP contribution in [0.2, 0.25) is 0 Å². The van der Waals surface area contributed by atoms with Crippen LogP contribution in [0.3, 0.4) is 0 Å². The van der Waals surface area contributed by atoms with Crippen LogP contribution in [0.4, 0.5) is 15.8 Å². The third-order valence-corrected chi connectivity index (χ3v) is 5.36. The van der Waals surface area contributed by atoms with Gasteiger partial charge in [-0.3, -0.25) is 4.31 Å². The van der Waals surface area contributed by atoms with Crippen molar-refractivity contribution >= 4 is 21.4 Å². The molecule has 0 aromatic heterocycles. The first kappa shape index (κ1) is 13.9. The van der Waals surface area contributed by atoms with Crippen LogP contribution < -0.4 is 10.0 Å². The summed E-state index contributed by atoms with van der Waals surface area (Å²) in [5, 5.41) is 0. The molecular formula is C15H15FN2O2S. The van der Waals surface area contributed by atoms with Crippen molar-refractivity contribution in [2.45, 2.75) is 12.2 Å². The second kappa shape index (κ2) is 5.04. The maximum absolute atomic E-state index is 13.4. The summed E-state index contributed by atoms with van der Waals surface area (Å²) in [7, 11) is -3.58. The molecule has 0 atom stereocenters. The lowest BCUT2D eigenvalue weighted by Crippen LogP contribution is -2.30. The Morgan fingerprint density at radius 1 is 1.19 bits per heavy atom. The topological polar surface area (TPSA) is 63.4 Å². The average molecular weight is 306 g/mol. The number of para-hydroxylation sites is 1. The van der Waals surface area contributed by atoms with Crippen molar-refractivity contribution in [3.05, 3.63) is 59.4 Å². The van der Waals surface area contributed by atoms with Crippen LogP contribution in [-0.4, -0.2) is 15.0 Å². The van der Waals surface area contributed by atoms with Gasteiger partial charge < -0.3 is 5.73 Å². The molecule has 0 amide bonds. The third kappa shape index (κ3) is 2.58. The van der Waals surface area contributed by atoms with E-state index in [1.165, 1.54) is 16.4 Å². The van der Waals surface area contributed by atoms with Crippen LogP contribution in [0.25, 0.3) is 0 Å². The quantitative estimate of drug-likeness (QED) is 0.885. The Kier molecular flexibility index (Phi) is 3.33. The molecule has 2 N–H and O–H groups in total. The predicted molar refractivity (Wildman–Crippen MR) is 80.9 cm³/mol. The van der Waals surface area contributed by atoms with Gasteiger partial charge in [0.05, 0.1) is 11.4 Å². The Hall–Kier alpha value is -2.08. The number of benzene rings is 2. The van der Waals surface area contributed by atoms with Gasteiger partial charge in [0.1, 0.15) is 5.82 Å². The highest BCUT2D eigenvalue weighted by Gasteiger charge is 2.30. The molecule has 0 saturated carbocycles. The van der Waals surface area contributed by atoms with Gasteiger partial charge in [-0.15, -0.1) is 0 Å². The fourth-order valence-electron chi connectivity index (χ4n) is 2.55. The molecule has 0 bridgehead atoms. The van der Waals surface area contributed by atoms with E-state index in [4.69, 9.17) is 5.73 Å². The summed E-state index contributed by atoms with van der Waals surface area (Å²) in [5.41, 5.74) is 8.09. The van der Waals surface area contributed by atoms with E-state index in [2.05, 4.69) is 0 Å². The maximum atomic E-state index is 13.4. The molecule has 0 unspecified atom stereocenters. The number of nitrogens with two attached hydrogens (primary N) is 1. The molecule has 4 nitrogen and oxygen atoms in total. The van der Waals surface area contributed by atoms with Gasteiger partial charge in [0.15, 0.2) is 0 Å². The summed E-state index contributed by atoms with van der Waals surface area (Å²) in [4.78, 5) is 0. The summed E-state index contributed by atoms with van der Waals surface area (Å²) in [5.74, 6) is -0.620. The fraction of sp³-hybridized carbons (Fsp3) is 0.200. The SMILES string of the molecule is Nc1ccccc1CS(=O)(=O)N1CCc2ccc(F)cc21. The molecule has 21 heavy (non-hydrogen) atoms. The van der Waals surface area contributed by atoms with Crippen molar-refractivity contribution in [2.75, 3.05) is 16.6 Å². The molecule has 0 fully saturated rings. The highest BCUT2D eigenvalue weighted by molar-refractivity contribution is 7.92. The lowest BCUT2D eigenvalue weighted by molar-refractivity contribution is 0.591. The first-order valence-corrected chi connectivity index (χ1v) is 8.20. The Labute approximate surface area is 123 Å². The number of hydrogen-bond acceptors (Lipinski definition) is 3. The predicted octanol–water partition coefficient (Wildman–Crippen LogP) is 2.30. The van der Waals surface area contributed by atoms with Crippen molar-refractivity contribution in [2.24, 2.45) is 0 Å². The zero-order valence-corrected chi connectivity index (χ0v) is 12.1. The summed E-state index contributed by atoms with van der Waals surface area (Å²) < 4.78 is 39.8. The van der Waals surface area contributed by atoms with Gasteiger partial charge in [-0.2, -0.15) is 0 Å². The number of anilines is 2. The van der Waals surface area contributed by atoms with Crippen LogP contribution in [-0.2, 0) is 22.2 Å². The van der Waals surface area contributed by atoms with Crippen molar-refractivity contribution < 1.29 is 12.8 Å². The summed E-state index contributed by atoms with van der Waals surface area (Å²) in [6.07, 6.45) is 0.596. The zero-order chi connectivity index (χ0) is 15.0. The molecule has 0 saturated heterocycles. The van der Waals surface area contributed by atoms with Crippen LogP contribution in [0.15, 0.2) is 42.5 Å². The average Bonchev–Trinajstić information content (AvgIpc) is 2.85. The number of sulfonamides is 1. The van der Waals surface area contributed by atoms with E-state index in [0.29, 0.717) is 29.9 Å². The lowest BCUT2D eigenvalue weighted by Gasteiger charge is -2.20. The van der Waals surface area contributed by atoms with Gasteiger partial charge in [0.2, 0.25) is 10.0 Å². The van der Waals surface area contributed by atoms with E-state index in [9.17, 15) is 12.8 Å². The van der Waals surface area contributed by atoms with Gasteiger partial charge in [-0.1, -0.05) is 24.3 Å². The molecule has 2 aromatic carbocycles. The second-order valence-corrected chi connectivity index (χ2v) is 6.94. The van der Waals surface area contributed by atoms with E-state index >= 15 is 0 Å². The van der Waals surface area contributed by atoms with Gasteiger partial charge >= 0.3 is 0 Å². The molecule has 0 radical (unpaired) electrons.